The number of carbonyl (C=O) groups excluding carboxylic acids is 1. The number of nitrogens with one attached hydrogen (secondary N) is 1. The van der Waals surface area contributed by atoms with Gasteiger partial charge in [0.1, 0.15) is 29.1 Å². The van der Waals surface area contributed by atoms with Crippen LogP contribution in [0.1, 0.15) is 33.6 Å². The third-order valence-corrected chi connectivity index (χ3v) is 5.60. The van der Waals surface area contributed by atoms with Crippen molar-refractivity contribution >= 4 is 17.2 Å². The van der Waals surface area contributed by atoms with E-state index in [0.29, 0.717) is 17.3 Å². The number of benzene rings is 2. The second-order valence-electron chi connectivity index (χ2n) is 7.80. The average Bonchev–Trinajstić information content (AvgIpc) is 3.49. The van der Waals surface area contributed by atoms with Gasteiger partial charge in [-0.25, -0.2) is 9.97 Å². The molecule has 4 aromatic rings. The molecule has 2 heterocycles. The van der Waals surface area contributed by atoms with E-state index in [1.165, 1.54) is 24.4 Å². The highest BCUT2D eigenvalue weighted by atomic mass is 16.6. The Kier molecular flexibility index (Phi) is 6.49. The average molecular weight is 476 g/mol. The van der Waals surface area contributed by atoms with Gasteiger partial charge in [0.15, 0.2) is 5.82 Å². The Morgan fingerprint density at radius 3 is 2.20 bits per heavy atom. The number of anilines is 1. The molecule has 0 radical (unpaired) electrons. The summed E-state index contributed by atoms with van der Waals surface area (Å²) < 4.78 is 14.2. The zero-order chi connectivity index (χ0) is 25.1. The number of ketones is 1. The molecule has 35 heavy (non-hydrogen) atoms. The summed E-state index contributed by atoms with van der Waals surface area (Å²) in [6.45, 7) is 0. The van der Waals surface area contributed by atoms with Crippen LogP contribution in [-0.2, 0) is 14.1 Å². The summed E-state index contributed by atoms with van der Waals surface area (Å²) in [5, 5.41) is 15.2. The zero-order valence-corrected chi connectivity index (χ0v) is 19.6. The second kappa shape index (κ2) is 9.67. The first-order valence-corrected chi connectivity index (χ1v) is 10.6. The van der Waals surface area contributed by atoms with Crippen molar-refractivity contribution in [2.75, 3.05) is 19.5 Å². The maximum atomic E-state index is 12.9. The van der Waals surface area contributed by atoms with Gasteiger partial charge in [0, 0.05) is 56.6 Å². The van der Waals surface area contributed by atoms with Crippen molar-refractivity contribution in [2.45, 2.75) is 6.04 Å². The molecule has 11 heteroatoms. The maximum absolute atomic E-state index is 12.9. The van der Waals surface area contributed by atoms with Gasteiger partial charge in [-0.3, -0.25) is 14.9 Å². The van der Waals surface area contributed by atoms with Gasteiger partial charge in [0.2, 0.25) is 5.78 Å². The van der Waals surface area contributed by atoms with E-state index in [-0.39, 0.29) is 22.8 Å². The lowest BCUT2D eigenvalue weighted by Gasteiger charge is -2.21. The summed E-state index contributed by atoms with van der Waals surface area (Å²) in [6, 6.07) is 9.06. The Bertz CT molecular complexity index is 1370. The summed E-state index contributed by atoms with van der Waals surface area (Å²) >= 11 is 0. The number of nitro benzene ring substituents is 1. The molecule has 1 unspecified atom stereocenters. The van der Waals surface area contributed by atoms with Crippen LogP contribution in [-0.4, -0.2) is 44.0 Å². The molecular formula is C24H24N6O5. The second-order valence-corrected chi connectivity index (χ2v) is 7.80. The molecule has 0 amide bonds. The lowest BCUT2D eigenvalue weighted by molar-refractivity contribution is -0.384. The summed E-state index contributed by atoms with van der Waals surface area (Å²) in [7, 11) is 6.61. The van der Waals surface area contributed by atoms with Crippen molar-refractivity contribution in [2.24, 2.45) is 14.1 Å². The molecule has 0 aliphatic rings. The van der Waals surface area contributed by atoms with E-state index < -0.39 is 16.7 Å². The van der Waals surface area contributed by atoms with Gasteiger partial charge >= 0.3 is 0 Å². The molecule has 0 saturated carbocycles. The molecule has 0 bridgehead atoms. The fourth-order valence-electron chi connectivity index (χ4n) is 3.76. The molecule has 0 aliphatic heterocycles. The Hall–Kier alpha value is -4.67. The first-order chi connectivity index (χ1) is 16.8. The third-order valence-electron chi connectivity index (χ3n) is 5.60. The molecule has 2 aromatic carbocycles. The highest BCUT2D eigenvalue weighted by Gasteiger charge is 2.26. The summed E-state index contributed by atoms with van der Waals surface area (Å²) in [5.41, 5.74) is 0.853. The van der Waals surface area contributed by atoms with Gasteiger partial charge in [0.25, 0.3) is 5.69 Å². The number of aryl methyl sites for hydroxylation is 2. The van der Waals surface area contributed by atoms with Crippen molar-refractivity contribution in [1.29, 1.82) is 0 Å². The molecule has 0 spiro atoms. The first-order valence-electron chi connectivity index (χ1n) is 10.6. The van der Waals surface area contributed by atoms with Gasteiger partial charge in [-0.15, -0.1) is 0 Å². The fraction of sp³-hybridized carbons (Fsp3) is 0.208. The number of rotatable bonds is 9. The van der Waals surface area contributed by atoms with E-state index in [9.17, 15) is 14.9 Å². The van der Waals surface area contributed by atoms with Gasteiger partial charge in [-0.05, 0) is 29.8 Å². The number of methoxy groups -OCH3 is 2. The highest BCUT2D eigenvalue weighted by molar-refractivity contribution is 6.07. The number of carbonyl (C=O) groups is 1. The number of ether oxygens (including phenoxy) is 2. The van der Waals surface area contributed by atoms with Crippen molar-refractivity contribution in [1.82, 2.24) is 19.1 Å². The van der Waals surface area contributed by atoms with E-state index in [4.69, 9.17) is 9.47 Å². The summed E-state index contributed by atoms with van der Waals surface area (Å²) in [6.07, 6.45) is 6.56. The monoisotopic (exact) mass is 476 g/mol. The minimum Gasteiger partial charge on any atom is -0.497 e. The van der Waals surface area contributed by atoms with Gasteiger partial charge in [0.05, 0.1) is 19.1 Å². The standard InChI is InChI=1S/C24H24N6O5/c1-28-9-7-25-23(28)21(16-11-17(34-3)14-18(12-16)35-4)27-19-6-5-15(13-20(19)30(32)33)22(31)24-26-8-10-29(24)2/h5-14,21,27H,1-4H3. The molecule has 0 aliphatic carbocycles. The van der Waals surface area contributed by atoms with Crippen LogP contribution < -0.4 is 14.8 Å². The van der Waals surface area contributed by atoms with Crippen LogP contribution in [0.5, 0.6) is 11.5 Å². The number of imidazole rings is 2. The van der Waals surface area contributed by atoms with Crippen molar-refractivity contribution in [3.63, 3.8) is 0 Å². The molecule has 0 fully saturated rings. The van der Waals surface area contributed by atoms with Crippen molar-refractivity contribution in [3.8, 4) is 11.5 Å². The predicted molar refractivity (Wildman–Crippen MR) is 128 cm³/mol. The van der Waals surface area contributed by atoms with Gasteiger partial charge < -0.3 is 23.9 Å². The van der Waals surface area contributed by atoms with Crippen LogP contribution in [0.2, 0.25) is 0 Å². The van der Waals surface area contributed by atoms with E-state index in [2.05, 4.69) is 15.3 Å². The molecule has 1 N–H and O–H groups in total. The largest absolute Gasteiger partial charge is 0.497 e. The SMILES string of the molecule is COc1cc(OC)cc(C(Nc2ccc(C(=O)c3nccn3C)cc2[N+](=O)[O-])c2nccn2C)c1. The molecule has 4 rings (SSSR count). The molecule has 11 nitrogen and oxygen atoms in total. The Labute approximate surface area is 201 Å². The third kappa shape index (κ3) is 4.69. The molecule has 1 atom stereocenters. The quantitative estimate of drug-likeness (QED) is 0.221. The van der Waals surface area contributed by atoms with Gasteiger partial charge in [-0.2, -0.15) is 0 Å². The van der Waals surface area contributed by atoms with Crippen LogP contribution in [0, 0.1) is 10.1 Å². The number of nitro groups is 1. The minimum atomic E-state index is -0.589. The predicted octanol–water partition coefficient (Wildman–Crippen LogP) is 3.51. The van der Waals surface area contributed by atoms with E-state index >= 15 is 0 Å². The lowest BCUT2D eigenvalue weighted by Crippen LogP contribution is -2.18. The lowest BCUT2D eigenvalue weighted by atomic mass is 10.0. The van der Waals surface area contributed by atoms with Crippen LogP contribution >= 0.6 is 0 Å². The summed E-state index contributed by atoms with van der Waals surface area (Å²) in [5.74, 6) is 1.51. The molecule has 180 valence electrons. The normalized spacial score (nSPS) is 11.7. The topological polar surface area (TPSA) is 126 Å². The smallest absolute Gasteiger partial charge is 0.293 e. The highest BCUT2D eigenvalue weighted by Crippen LogP contribution is 2.35. The van der Waals surface area contributed by atoms with E-state index in [1.54, 1.807) is 62.6 Å². The van der Waals surface area contributed by atoms with Crippen molar-refractivity contribution < 1.29 is 19.2 Å². The number of aromatic nitrogens is 4. The Morgan fingerprint density at radius 2 is 1.66 bits per heavy atom. The van der Waals surface area contributed by atoms with E-state index in [0.717, 1.165) is 5.56 Å². The van der Waals surface area contributed by atoms with Crippen LogP contribution in [0.3, 0.4) is 0 Å². The molecule has 0 saturated heterocycles. The van der Waals surface area contributed by atoms with Crippen LogP contribution in [0.25, 0.3) is 0 Å². The fourth-order valence-corrected chi connectivity index (χ4v) is 3.76. The molecule has 2 aromatic heterocycles. The Morgan fingerprint density at radius 1 is 1.00 bits per heavy atom. The summed E-state index contributed by atoms with van der Waals surface area (Å²) in [4.78, 5) is 32.8. The van der Waals surface area contributed by atoms with Crippen molar-refractivity contribution in [3.05, 3.63) is 94.1 Å². The van der Waals surface area contributed by atoms with Crippen LogP contribution in [0.4, 0.5) is 11.4 Å². The minimum absolute atomic E-state index is 0.160. The first kappa shape index (κ1) is 23.5. The molecular weight excluding hydrogens is 452 g/mol. The number of nitrogens with zero attached hydrogens (tertiary/aromatic N) is 5. The number of hydrogen-bond donors (Lipinski definition) is 1. The van der Waals surface area contributed by atoms with Crippen LogP contribution in [0.15, 0.2) is 61.2 Å². The zero-order valence-electron chi connectivity index (χ0n) is 19.6. The van der Waals surface area contributed by atoms with E-state index in [1.807, 2.05) is 11.6 Å². The Balaban J connectivity index is 1.79. The van der Waals surface area contributed by atoms with Gasteiger partial charge in [-0.1, -0.05) is 0 Å². The maximum Gasteiger partial charge on any atom is 0.293 e. The number of hydrogen-bond acceptors (Lipinski definition) is 8.